The summed E-state index contributed by atoms with van der Waals surface area (Å²) in [6.45, 7) is 1.31. The van der Waals surface area contributed by atoms with Gasteiger partial charge < -0.3 is 20.6 Å². The van der Waals surface area contributed by atoms with E-state index in [1.807, 2.05) is 18.2 Å². The molecule has 5 N–H and O–H groups in total. The van der Waals surface area contributed by atoms with Crippen LogP contribution in [0.4, 0.5) is 0 Å². The number of amides is 1. The van der Waals surface area contributed by atoms with Gasteiger partial charge in [-0.1, -0.05) is 54.6 Å². The second kappa shape index (κ2) is 8.84. The number of aliphatic hydroxyl groups is 3. The van der Waals surface area contributed by atoms with Crippen molar-refractivity contribution in [1.82, 2.24) is 10.6 Å². The van der Waals surface area contributed by atoms with Crippen LogP contribution in [0.3, 0.4) is 0 Å². The molecule has 28 heavy (non-hydrogen) atoms. The van der Waals surface area contributed by atoms with E-state index < -0.39 is 23.8 Å². The second-order valence-corrected chi connectivity index (χ2v) is 7.50. The molecule has 6 heteroatoms. The van der Waals surface area contributed by atoms with E-state index in [1.165, 1.54) is 6.92 Å². The highest BCUT2D eigenvalue weighted by molar-refractivity contribution is 5.73. The number of aliphatic hydroxyl groups excluding tert-OH is 3. The topological polar surface area (TPSA) is 102 Å². The summed E-state index contributed by atoms with van der Waals surface area (Å²) < 4.78 is 0. The van der Waals surface area contributed by atoms with E-state index >= 15 is 0 Å². The van der Waals surface area contributed by atoms with E-state index in [0.29, 0.717) is 12.8 Å². The van der Waals surface area contributed by atoms with E-state index in [1.54, 1.807) is 0 Å². The van der Waals surface area contributed by atoms with Crippen LogP contribution in [0.25, 0.3) is 11.1 Å². The van der Waals surface area contributed by atoms with Crippen molar-refractivity contribution in [1.29, 1.82) is 0 Å². The first-order valence-corrected chi connectivity index (χ1v) is 9.59. The van der Waals surface area contributed by atoms with Crippen LogP contribution in [0.1, 0.15) is 18.9 Å². The molecule has 0 aromatic heterocycles. The van der Waals surface area contributed by atoms with Gasteiger partial charge in [0, 0.05) is 13.5 Å². The van der Waals surface area contributed by atoms with Gasteiger partial charge in [-0.2, -0.15) is 0 Å². The van der Waals surface area contributed by atoms with Crippen molar-refractivity contribution < 1.29 is 20.1 Å². The maximum atomic E-state index is 11.4. The third-order valence-corrected chi connectivity index (χ3v) is 5.55. The van der Waals surface area contributed by atoms with Gasteiger partial charge in [-0.15, -0.1) is 0 Å². The highest BCUT2D eigenvalue weighted by atomic mass is 16.3. The Kier molecular flexibility index (Phi) is 6.46. The number of rotatable bonds is 7. The Morgan fingerprint density at radius 1 is 1.07 bits per heavy atom. The lowest BCUT2D eigenvalue weighted by Gasteiger charge is -2.34. The molecule has 1 aliphatic heterocycles. The fourth-order valence-electron chi connectivity index (χ4n) is 3.85. The summed E-state index contributed by atoms with van der Waals surface area (Å²) in [7, 11) is 0. The van der Waals surface area contributed by atoms with E-state index in [2.05, 4.69) is 47.0 Å². The van der Waals surface area contributed by atoms with Gasteiger partial charge in [0.1, 0.15) is 6.10 Å². The summed E-state index contributed by atoms with van der Waals surface area (Å²) in [6, 6.07) is 17.7. The van der Waals surface area contributed by atoms with Gasteiger partial charge in [0.15, 0.2) is 0 Å². The van der Waals surface area contributed by atoms with Crippen LogP contribution < -0.4 is 10.6 Å². The molecule has 0 aliphatic carbocycles. The zero-order chi connectivity index (χ0) is 20.1. The smallest absolute Gasteiger partial charge is 0.216 e. The Hall–Kier alpha value is -2.25. The molecule has 0 bridgehead atoms. The summed E-state index contributed by atoms with van der Waals surface area (Å²) in [5, 5.41) is 36.2. The van der Waals surface area contributed by atoms with Gasteiger partial charge in [-0.25, -0.2) is 0 Å². The first-order valence-electron chi connectivity index (χ1n) is 9.59. The first kappa shape index (κ1) is 20.5. The third kappa shape index (κ3) is 4.42. The minimum absolute atomic E-state index is 0.180. The Balaban J connectivity index is 1.72. The van der Waals surface area contributed by atoms with Crippen LogP contribution in [0, 0.1) is 0 Å². The number of carbonyl (C=O) groups is 1. The molecule has 1 aliphatic rings. The SMILES string of the molecule is CC(=O)NC[C@@]1(CCc2ccc(-c3ccccc3)cc2)N[C@H](CO)[C@@H](O)[C@@H]1O. The second-order valence-electron chi connectivity index (χ2n) is 7.50. The van der Waals surface area contributed by atoms with E-state index in [-0.39, 0.29) is 19.1 Å². The summed E-state index contributed by atoms with van der Waals surface area (Å²) in [5.74, 6) is -0.206. The average Bonchev–Trinajstić information content (AvgIpc) is 2.97. The molecular formula is C22H28N2O4. The van der Waals surface area contributed by atoms with Crippen LogP contribution in [0.15, 0.2) is 54.6 Å². The van der Waals surface area contributed by atoms with Crippen LogP contribution in [-0.2, 0) is 11.2 Å². The van der Waals surface area contributed by atoms with Crippen molar-refractivity contribution in [2.24, 2.45) is 0 Å². The summed E-state index contributed by atoms with van der Waals surface area (Å²) in [6.07, 6.45) is -1.00. The van der Waals surface area contributed by atoms with Gasteiger partial charge in [-0.3, -0.25) is 10.1 Å². The van der Waals surface area contributed by atoms with Gasteiger partial charge >= 0.3 is 0 Å². The fourth-order valence-corrected chi connectivity index (χ4v) is 3.85. The standard InChI is InChI=1S/C22H28N2O4/c1-15(26)23-14-22(21(28)20(27)19(13-25)24-22)12-11-16-7-9-18(10-8-16)17-5-3-2-4-6-17/h2-10,19-21,24-25,27-28H,11-14H2,1H3,(H,23,26)/t19-,20-,21+,22-/m1/s1. The van der Waals surface area contributed by atoms with Crippen molar-refractivity contribution in [3.63, 3.8) is 0 Å². The average molecular weight is 384 g/mol. The molecule has 0 radical (unpaired) electrons. The van der Waals surface area contributed by atoms with Crippen molar-refractivity contribution in [2.75, 3.05) is 13.2 Å². The van der Waals surface area contributed by atoms with Crippen molar-refractivity contribution in [3.05, 3.63) is 60.2 Å². The molecule has 2 aromatic rings. The van der Waals surface area contributed by atoms with Crippen LogP contribution in [0.5, 0.6) is 0 Å². The minimum atomic E-state index is -1.08. The molecule has 2 aromatic carbocycles. The van der Waals surface area contributed by atoms with Crippen LogP contribution in [0.2, 0.25) is 0 Å². The molecule has 1 fully saturated rings. The molecule has 0 saturated carbocycles. The molecule has 0 unspecified atom stereocenters. The molecule has 1 saturated heterocycles. The molecule has 0 spiro atoms. The largest absolute Gasteiger partial charge is 0.395 e. The zero-order valence-corrected chi connectivity index (χ0v) is 16.0. The first-order chi connectivity index (χ1) is 13.4. The summed E-state index contributed by atoms with van der Waals surface area (Å²) in [4.78, 5) is 11.4. The number of hydrogen-bond donors (Lipinski definition) is 5. The Morgan fingerprint density at radius 2 is 1.71 bits per heavy atom. The lowest BCUT2D eigenvalue weighted by Crippen LogP contribution is -2.57. The van der Waals surface area contributed by atoms with Crippen LogP contribution >= 0.6 is 0 Å². The number of benzene rings is 2. The molecule has 6 nitrogen and oxygen atoms in total. The predicted molar refractivity (Wildman–Crippen MR) is 108 cm³/mol. The fraction of sp³-hybridized carbons (Fsp3) is 0.409. The number of hydrogen-bond acceptors (Lipinski definition) is 5. The number of carbonyl (C=O) groups excluding carboxylic acids is 1. The zero-order valence-electron chi connectivity index (χ0n) is 16.0. The maximum absolute atomic E-state index is 11.4. The molecule has 1 heterocycles. The normalized spacial score (nSPS) is 26.9. The Bertz CT molecular complexity index is 781. The van der Waals surface area contributed by atoms with Crippen molar-refractivity contribution in [3.8, 4) is 11.1 Å². The lowest BCUT2D eigenvalue weighted by molar-refractivity contribution is -0.119. The van der Waals surface area contributed by atoms with Gasteiger partial charge in [-0.05, 0) is 29.5 Å². The Labute approximate surface area is 165 Å². The van der Waals surface area contributed by atoms with E-state index in [0.717, 1.165) is 16.7 Å². The van der Waals surface area contributed by atoms with Crippen molar-refractivity contribution >= 4 is 5.91 Å². The van der Waals surface area contributed by atoms with Gasteiger partial charge in [0.2, 0.25) is 5.91 Å². The van der Waals surface area contributed by atoms with Crippen LogP contribution in [-0.4, -0.2) is 58.2 Å². The molecule has 4 atom stereocenters. The van der Waals surface area contributed by atoms with E-state index in [4.69, 9.17) is 0 Å². The highest BCUT2D eigenvalue weighted by Gasteiger charge is 2.51. The van der Waals surface area contributed by atoms with Crippen molar-refractivity contribution in [2.45, 2.75) is 43.6 Å². The monoisotopic (exact) mass is 384 g/mol. The van der Waals surface area contributed by atoms with Gasteiger partial charge in [0.05, 0.1) is 24.3 Å². The molecule has 150 valence electrons. The molecule has 1 amide bonds. The van der Waals surface area contributed by atoms with E-state index in [9.17, 15) is 20.1 Å². The summed E-state index contributed by atoms with van der Waals surface area (Å²) in [5.41, 5.74) is 2.49. The lowest BCUT2D eigenvalue weighted by atomic mass is 9.86. The Morgan fingerprint density at radius 3 is 2.29 bits per heavy atom. The third-order valence-electron chi connectivity index (χ3n) is 5.55. The predicted octanol–water partition coefficient (Wildman–Crippen LogP) is 0.847. The highest BCUT2D eigenvalue weighted by Crippen LogP contribution is 2.29. The number of nitrogens with one attached hydrogen (secondary N) is 2. The quantitative estimate of drug-likeness (QED) is 0.487. The number of aryl methyl sites for hydroxylation is 1. The molecule has 3 rings (SSSR count). The minimum Gasteiger partial charge on any atom is -0.395 e. The summed E-state index contributed by atoms with van der Waals surface area (Å²) >= 11 is 0. The van der Waals surface area contributed by atoms with Gasteiger partial charge in [0.25, 0.3) is 0 Å². The maximum Gasteiger partial charge on any atom is 0.216 e. The molecular weight excluding hydrogens is 356 g/mol.